The van der Waals surface area contributed by atoms with Crippen molar-refractivity contribution >= 4 is 11.7 Å². The molecule has 1 aromatic carbocycles. The molecular weight excluding hydrogens is 462 g/mol. The first kappa shape index (κ1) is 22.5. The van der Waals surface area contributed by atoms with Crippen LogP contribution in [0.5, 0.6) is 0 Å². The number of likely N-dealkylation sites (tertiary alicyclic amines) is 1. The molecular formula is C30H39N5O2. The fourth-order valence-corrected chi connectivity index (χ4v) is 7.39. The van der Waals surface area contributed by atoms with Gasteiger partial charge in [-0.2, -0.15) is 0 Å². The number of β-amino-alcohol motifs (C(OH)–C–C–N with tert-alkyl or cyclic N) is 1. The van der Waals surface area contributed by atoms with Crippen LogP contribution in [0.2, 0.25) is 0 Å². The molecule has 5 aliphatic rings. The Morgan fingerprint density at radius 1 is 1.16 bits per heavy atom. The predicted molar refractivity (Wildman–Crippen MR) is 143 cm³/mol. The lowest BCUT2D eigenvalue weighted by Crippen LogP contribution is -2.65. The van der Waals surface area contributed by atoms with E-state index in [1.807, 2.05) is 11.1 Å². The Hall–Kier alpha value is -2.48. The molecule has 0 radical (unpaired) electrons. The van der Waals surface area contributed by atoms with Crippen LogP contribution in [0.4, 0.5) is 5.82 Å². The van der Waals surface area contributed by atoms with Gasteiger partial charge in [0.1, 0.15) is 5.82 Å². The summed E-state index contributed by atoms with van der Waals surface area (Å²) < 4.78 is 9.14. The van der Waals surface area contributed by atoms with Crippen LogP contribution in [-0.4, -0.2) is 82.1 Å². The van der Waals surface area contributed by atoms with E-state index in [-0.39, 0.29) is 11.3 Å². The summed E-state index contributed by atoms with van der Waals surface area (Å²) >= 11 is 0. The summed E-state index contributed by atoms with van der Waals surface area (Å²) in [4.78, 5) is 22.8. The smallest absolute Gasteiger partial charge is 0.219 e. The fraction of sp³-hybridized carbons (Fsp3) is 0.600. The molecule has 2 aromatic rings. The maximum Gasteiger partial charge on any atom is 0.219 e. The zero-order valence-electron chi connectivity index (χ0n) is 22.8. The first-order valence-corrected chi connectivity index (χ1v) is 14.0. The minimum Gasteiger partial charge on any atom is -0.390 e. The highest BCUT2D eigenvalue weighted by Crippen LogP contribution is 2.53. The van der Waals surface area contributed by atoms with Crippen molar-refractivity contribution in [3.63, 3.8) is 0 Å². The van der Waals surface area contributed by atoms with E-state index in [4.69, 9.17) is 6.35 Å². The van der Waals surface area contributed by atoms with Crippen molar-refractivity contribution in [3.05, 3.63) is 58.8 Å². The molecule has 1 aromatic heterocycles. The largest absolute Gasteiger partial charge is 0.390 e. The minimum atomic E-state index is -0.486. The van der Waals surface area contributed by atoms with E-state index in [2.05, 4.69) is 45.4 Å². The second-order valence-electron chi connectivity index (χ2n) is 12.5. The lowest BCUT2D eigenvalue weighted by Gasteiger charge is -2.59. The van der Waals surface area contributed by atoms with Crippen molar-refractivity contribution in [1.29, 1.82) is 0 Å². The van der Waals surface area contributed by atoms with Gasteiger partial charge in [-0.3, -0.25) is 14.6 Å². The lowest BCUT2D eigenvalue weighted by atomic mass is 9.60. The van der Waals surface area contributed by atoms with Crippen LogP contribution in [0.1, 0.15) is 56.2 Å². The van der Waals surface area contributed by atoms with Gasteiger partial charge in [0.15, 0.2) is 0 Å². The Balaban J connectivity index is 0.988. The van der Waals surface area contributed by atoms with Crippen molar-refractivity contribution < 1.29 is 11.3 Å². The topological polar surface area (TPSA) is 71.9 Å². The highest BCUT2D eigenvalue weighted by molar-refractivity contribution is 5.74. The van der Waals surface area contributed by atoms with Gasteiger partial charge in [-0.05, 0) is 60.4 Å². The van der Waals surface area contributed by atoms with Gasteiger partial charge in [-0.25, -0.2) is 4.98 Å². The molecule has 2 aliphatic carbocycles. The van der Waals surface area contributed by atoms with Crippen LogP contribution in [0.25, 0.3) is 0 Å². The van der Waals surface area contributed by atoms with Crippen LogP contribution in [0, 0.1) is 5.41 Å². The molecule has 1 unspecified atom stereocenters. The number of nitrogens with zero attached hydrogens (tertiary/aromatic N) is 4. The average Bonchev–Trinajstić information content (AvgIpc) is 3.62. The fourth-order valence-electron chi connectivity index (χ4n) is 7.39. The van der Waals surface area contributed by atoms with Crippen molar-refractivity contribution in [1.82, 2.24) is 19.7 Å². The van der Waals surface area contributed by atoms with Gasteiger partial charge in [-0.1, -0.05) is 24.3 Å². The molecule has 37 heavy (non-hydrogen) atoms. The van der Waals surface area contributed by atoms with Gasteiger partial charge in [0.25, 0.3) is 0 Å². The Morgan fingerprint density at radius 2 is 1.92 bits per heavy atom. The minimum absolute atomic E-state index is 0.102. The summed E-state index contributed by atoms with van der Waals surface area (Å²) in [6.07, 6.45) is 6.98. The number of aliphatic hydroxyl groups is 1. The number of nitrogens with one attached hydrogen (secondary N) is 1. The maximum atomic E-state index is 11.5. The van der Waals surface area contributed by atoms with Gasteiger partial charge in [-0.15, -0.1) is 0 Å². The highest BCUT2D eigenvalue weighted by atomic mass is 16.3. The quantitative estimate of drug-likeness (QED) is 0.633. The number of aliphatic hydroxyl groups excluding tert-OH is 1. The van der Waals surface area contributed by atoms with Gasteiger partial charge in [0, 0.05) is 83.7 Å². The van der Waals surface area contributed by atoms with Crippen molar-refractivity contribution in [3.8, 4) is 0 Å². The third-order valence-corrected chi connectivity index (χ3v) is 9.52. The monoisotopic (exact) mass is 502 g/mol. The van der Waals surface area contributed by atoms with Gasteiger partial charge in [0.05, 0.1) is 6.10 Å². The Bertz CT molecular complexity index is 1230. The molecule has 7 nitrogen and oxygen atoms in total. The Morgan fingerprint density at radius 3 is 2.68 bits per heavy atom. The molecule has 0 bridgehead atoms. The molecule has 2 N–H and O–H groups in total. The third-order valence-electron chi connectivity index (χ3n) is 9.52. The van der Waals surface area contributed by atoms with Crippen LogP contribution in [0.15, 0.2) is 36.5 Å². The number of carbonyl (C=O) groups is 1. The molecule has 1 saturated heterocycles. The number of benzene rings is 1. The van der Waals surface area contributed by atoms with E-state index in [0.717, 1.165) is 76.2 Å². The Labute approximate surface area is 221 Å². The van der Waals surface area contributed by atoms with E-state index in [1.165, 1.54) is 16.7 Å². The summed E-state index contributed by atoms with van der Waals surface area (Å²) in [5.41, 5.74) is 5.48. The van der Waals surface area contributed by atoms with Crippen molar-refractivity contribution in [2.45, 2.75) is 69.7 Å². The second-order valence-corrected chi connectivity index (χ2v) is 12.5. The molecule has 3 fully saturated rings. The summed E-state index contributed by atoms with van der Waals surface area (Å²) in [7, 11) is 0. The van der Waals surface area contributed by atoms with E-state index in [1.54, 1.807) is 6.92 Å². The third kappa shape index (κ3) is 4.45. The number of pyridine rings is 1. The number of anilines is 1. The van der Waals surface area contributed by atoms with E-state index >= 15 is 0 Å². The molecule has 7 rings (SSSR count). The predicted octanol–water partition coefficient (Wildman–Crippen LogP) is 2.77. The van der Waals surface area contributed by atoms with Crippen LogP contribution >= 0.6 is 0 Å². The molecule has 2 saturated carbocycles. The van der Waals surface area contributed by atoms with E-state index in [0.29, 0.717) is 24.5 Å². The average molecular weight is 503 g/mol. The number of carbonyl (C=O) groups excluding carboxylic acids is 1. The summed E-state index contributed by atoms with van der Waals surface area (Å²) in [6.45, 7) is 6.80. The zero-order chi connectivity index (χ0) is 26.1. The molecule has 7 heteroatoms. The Kier molecular flexibility index (Phi) is 5.34. The number of hydrogen-bond donors (Lipinski definition) is 2. The molecule has 2 atom stereocenters. The number of fused-ring (bicyclic) bond motifs is 3. The van der Waals surface area contributed by atoms with Crippen molar-refractivity contribution in [2.75, 3.05) is 44.6 Å². The molecule has 2 spiro atoms. The molecule has 3 aliphatic heterocycles. The standard InChI is InChI=1S/C30H39N5O2/c1-21(36)35-18-29(19-35)11-25(12-29)32-28-10-24-15-34(20-30(7-8-30)27(24)13-31-28)17-26(37)16-33-9-6-22-4-2-3-5-23(22)14-33/h2-5,10,13,25-26,37H,6-9,11-12,14-20H2,1H3,(H,31,32)/i15D/t15-,26?/m1/s1. The number of amides is 1. The molecule has 1 amide bonds. The van der Waals surface area contributed by atoms with E-state index < -0.39 is 12.6 Å². The van der Waals surface area contributed by atoms with Crippen LogP contribution in [0.3, 0.4) is 0 Å². The highest BCUT2D eigenvalue weighted by Gasteiger charge is 2.53. The van der Waals surface area contributed by atoms with Crippen LogP contribution < -0.4 is 5.32 Å². The number of rotatable bonds is 6. The SMILES string of the molecule is [2H][C@@H]1c2cc(NC3CC4(C3)CN(C(C)=O)C4)ncc2C2(CC2)CN1CC(O)CN1CCc2ccccc2C1. The molecule has 4 heterocycles. The van der Waals surface area contributed by atoms with Gasteiger partial charge >= 0.3 is 0 Å². The first-order chi connectivity index (χ1) is 18.3. The first-order valence-electron chi connectivity index (χ1n) is 14.6. The zero-order valence-corrected chi connectivity index (χ0v) is 21.8. The lowest BCUT2D eigenvalue weighted by molar-refractivity contribution is -0.147. The number of aromatic nitrogens is 1. The van der Waals surface area contributed by atoms with Gasteiger partial charge in [0.2, 0.25) is 5.91 Å². The van der Waals surface area contributed by atoms with Gasteiger partial charge < -0.3 is 15.3 Å². The maximum absolute atomic E-state index is 11.5. The summed E-state index contributed by atoms with van der Waals surface area (Å²) in [5, 5.41) is 14.7. The summed E-state index contributed by atoms with van der Waals surface area (Å²) in [5.74, 6) is 1.03. The summed E-state index contributed by atoms with van der Waals surface area (Å²) in [6, 6.07) is 11.1. The number of hydrogen-bond acceptors (Lipinski definition) is 6. The van der Waals surface area contributed by atoms with Crippen LogP contribution in [-0.2, 0) is 29.7 Å². The second kappa shape index (κ2) is 8.79. The molecule has 196 valence electrons. The van der Waals surface area contributed by atoms with Crippen molar-refractivity contribution in [2.24, 2.45) is 5.41 Å². The van der Waals surface area contributed by atoms with E-state index in [9.17, 15) is 9.90 Å². The normalized spacial score (nSPS) is 27.0.